The average molecular weight is 369 g/mol. The summed E-state index contributed by atoms with van der Waals surface area (Å²) < 4.78 is 32.1. The van der Waals surface area contributed by atoms with Crippen LogP contribution in [0.1, 0.15) is 26.7 Å². The molecule has 1 aliphatic heterocycles. The summed E-state index contributed by atoms with van der Waals surface area (Å²) >= 11 is 1.27. The van der Waals surface area contributed by atoms with Crippen molar-refractivity contribution in [2.75, 3.05) is 26.2 Å². The van der Waals surface area contributed by atoms with Gasteiger partial charge in [0.15, 0.2) is 0 Å². The maximum atomic E-state index is 12.6. The minimum atomic E-state index is -3.48. The lowest BCUT2D eigenvalue weighted by molar-refractivity contribution is 0.0695. The summed E-state index contributed by atoms with van der Waals surface area (Å²) in [6.07, 6.45) is 0. The Morgan fingerprint density at radius 3 is 2.33 bits per heavy atom. The summed E-state index contributed by atoms with van der Waals surface area (Å²) in [7, 11) is -3.48. The number of piperazine rings is 1. The number of nitrogens with zero attached hydrogens (tertiary/aromatic N) is 3. The van der Waals surface area contributed by atoms with Crippen LogP contribution in [-0.2, 0) is 10.0 Å². The van der Waals surface area contributed by atoms with Gasteiger partial charge in [0.2, 0.25) is 0 Å². The van der Waals surface area contributed by atoms with E-state index in [2.05, 4.69) is 5.16 Å². The van der Waals surface area contributed by atoms with E-state index in [0.717, 1.165) is 4.88 Å². The van der Waals surface area contributed by atoms with Crippen LogP contribution >= 0.6 is 11.3 Å². The van der Waals surface area contributed by atoms with Crippen molar-refractivity contribution in [1.29, 1.82) is 0 Å². The number of carbonyl (C=O) groups is 1. The highest BCUT2D eigenvalue weighted by Gasteiger charge is 2.32. The van der Waals surface area contributed by atoms with Crippen molar-refractivity contribution in [1.82, 2.24) is 14.4 Å². The molecule has 1 fully saturated rings. The van der Waals surface area contributed by atoms with Crippen molar-refractivity contribution in [2.45, 2.75) is 25.0 Å². The van der Waals surface area contributed by atoms with Crippen LogP contribution in [0.15, 0.2) is 20.9 Å². The van der Waals surface area contributed by atoms with Gasteiger partial charge in [-0.25, -0.2) is 8.42 Å². The Labute approximate surface area is 144 Å². The van der Waals surface area contributed by atoms with Gasteiger partial charge in [-0.05, 0) is 32.9 Å². The quantitative estimate of drug-likeness (QED) is 0.824. The molecule has 0 unspecified atom stereocenters. The van der Waals surface area contributed by atoms with Crippen molar-refractivity contribution in [3.63, 3.8) is 0 Å². The van der Waals surface area contributed by atoms with Gasteiger partial charge in [0, 0.05) is 31.1 Å². The number of rotatable bonds is 3. The third kappa shape index (κ3) is 2.99. The van der Waals surface area contributed by atoms with E-state index in [4.69, 9.17) is 4.52 Å². The first-order chi connectivity index (χ1) is 11.3. The van der Waals surface area contributed by atoms with E-state index in [1.807, 2.05) is 6.92 Å². The minimum Gasteiger partial charge on any atom is -0.361 e. The van der Waals surface area contributed by atoms with Gasteiger partial charge in [0.25, 0.3) is 15.9 Å². The van der Waals surface area contributed by atoms with Crippen LogP contribution in [0.4, 0.5) is 0 Å². The Hall–Kier alpha value is -1.71. The van der Waals surface area contributed by atoms with E-state index in [1.165, 1.54) is 15.6 Å². The van der Waals surface area contributed by atoms with Crippen LogP contribution in [0.5, 0.6) is 0 Å². The molecule has 1 amide bonds. The van der Waals surface area contributed by atoms with Crippen molar-refractivity contribution < 1.29 is 17.7 Å². The zero-order valence-corrected chi connectivity index (χ0v) is 15.4. The van der Waals surface area contributed by atoms with Crippen LogP contribution in [0.3, 0.4) is 0 Å². The molecule has 0 atom stereocenters. The topological polar surface area (TPSA) is 83.7 Å². The van der Waals surface area contributed by atoms with Gasteiger partial charge in [-0.2, -0.15) is 4.31 Å². The summed E-state index contributed by atoms with van der Waals surface area (Å²) in [6, 6.07) is 3.44. The summed E-state index contributed by atoms with van der Waals surface area (Å²) in [5.74, 6) is 0.330. The Bertz CT molecular complexity index is 842. The number of aromatic nitrogens is 1. The molecular formula is C15H19N3O4S2. The van der Waals surface area contributed by atoms with Gasteiger partial charge >= 0.3 is 0 Å². The number of amides is 1. The van der Waals surface area contributed by atoms with E-state index >= 15 is 0 Å². The predicted octanol–water partition coefficient (Wildman–Crippen LogP) is 1.81. The molecule has 0 spiro atoms. The summed E-state index contributed by atoms with van der Waals surface area (Å²) in [6.45, 7) is 6.59. The molecule has 0 radical (unpaired) electrons. The molecule has 1 aliphatic rings. The molecule has 1 saturated heterocycles. The lowest BCUT2D eigenvalue weighted by Gasteiger charge is -2.33. The molecule has 2 aromatic rings. The second kappa shape index (κ2) is 6.30. The first kappa shape index (κ1) is 17.1. The van der Waals surface area contributed by atoms with Crippen molar-refractivity contribution in [3.05, 3.63) is 34.0 Å². The molecule has 130 valence electrons. The smallest absolute Gasteiger partial charge is 0.259 e. The molecule has 2 aromatic heterocycles. The summed E-state index contributed by atoms with van der Waals surface area (Å²) in [5, 5.41) is 3.80. The predicted molar refractivity (Wildman–Crippen MR) is 89.7 cm³/mol. The number of sulfonamides is 1. The summed E-state index contributed by atoms with van der Waals surface area (Å²) in [5.41, 5.74) is 1.03. The zero-order valence-electron chi connectivity index (χ0n) is 13.8. The first-order valence-corrected chi connectivity index (χ1v) is 9.85. The second-order valence-corrected chi connectivity index (χ2v) is 9.21. The molecule has 0 bridgehead atoms. The van der Waals surface area contributed by atoms with Gasteiger partial charge in [0.1, 0.15) is 15.5 Å². The van der Waals surface area contributed by atoms with Crippen molar-refractivity contribution in [2.24, 2.45) is 0 Å². The van der Waals surface area contributed by atoms with E-state index < -0.39 is 10.0 Å². The third-order valence-electron chi connectivity index (χ3n) is 4.08. The lowest BCUT2D eigenvalue weighted by atomic mass is 10.1. The van der Waals surface area contributed by atoms with Gasteiger partial charge in [0.05, 0.1) is 5.69 Å². The number of thiophene rings is 1. The highest BCUT2D eigenvalue weighted by atomic mass is 32.2. The Morgan fingerprint density at radius 1 is 1.17 bits per heavy atom. The average Bonchev–Trinajstić information content (AvgIpc) is 3.13. The molecule has 0 aliphatic carbocycles. The summed E-state index contributed by atoms with van der Waals surface area (Å²) in [4.78, 5) is 15.2. The van der Waals surface area contributed by atoms with Crippen LogP contribution in [0.25, 0.3) is 0 Å². The van der Waals surface area contributed by atoms with Crippen LogP contribution < -0.4 is 0 Å². The van der Waals surface area contributed by atoms with E-state index in [9.17, 15) is 13.2 Å². The Kier molecular flexibility index (Phi) is 4.50. The Balaban J connectivity index is 1.71. The fraction of sp³-hybridized carbons (Fsp3) is 0.467. The van der Waals surface area contributed by atoms with Crippen LogP contribution in [0, 0.1) is 20.8 Å². The van der Waals surface area contributed by atoms with Crippen molar-refractivity contribution >= 4 is 27.3 Å². The van der Waals surface area contributed by atoms with Gasteiger partial charge < -0.3 is 9.42 Å². The molecule has 3 rings (SSSR count). The third-order valence-corrected chi connectivity index (χ3v) is 7.45. The number of aryl methyl sites for hydroxylation is 3. The molecule has 0 saturated carbocycles. The van der Waals surface area contributed by atoms with Crippen LogP contribution in [-0.4, -0.2) is 54.9 Å². The first-order valence-electron chi connectivity index (χ1n) is 7.59. The van der Waals surface area contributed by atoms with Gasteiger partial charge in [-0.15, -0.1) is 11.3 Å². The monoisotopic (exact) mass is 369 g/mol. The molecule has 9 heteroatoms. The normalized spacial score (nSPS) is 16.5. The SMILES string of the molecule is Cc1ccc(S(=O)(=O)N2CCN(C(=O)c3c(C)noc3C)CC2)s1. The molecule has 7 nitrogen and oxygen atoms in total. The second-order valence-electron chi connectivity index (χ2n) is 5.76. The number of carbonyl (C=O) groups excluding carboxylic acids is 1. The van der Waals surface area contributed by atoms with Crippen molar-refractivity contribution in [3.8, 4) is 0 Å². The van der Waals surface area contributed by atoms with E-state index in [-0.39, 0.29) is 19.0 Å². The molecular weight excluding hydrogens is 350 g/mol. The largest absolute Gasteiger partial charge is 0.361 e. The number of hydrogen-bond acceptors (Lipinski definition) is 6. The highest BCUT2D eigenvalue weighted by molar-refractivity contribution is 7.91. The highest BCUT2D eigenvalue weighted by Crippen LogP contribution is 2.25. The fourth-order valence-electron chi connectivity index (χ4n) is 2.76. The molecule has 24 heavy (non-hydrogen) atoms. The minimum absolute atomic E-state index is 0.157. The van der Waals surface area contributed by atoms with Crippen LogP contribution in [0.2, 0.25) is 0 Å². The lowest BCUT2D eigenvalue weighted by Crippen LogP contribution is -2.50. The number of hydrogen-bond donors (Lipinski definition) is 0. The van der Waals surface area contributed by atoms with Gasteiger partial charge in [-0.3, -0.25) is 4.79 Å². The molecule has 3 heterocycles. The maximum absolute atomic E-state index is 12.6. The Morgan fingerprint density at radius 2 is 1.83 bits per heavy atom. The fourth-order valence-corrected chi connectivity index (χ4v) is 5.62. The van der Waals surface area contributed by atoms with E-state index in [0.29, 0.717) is 34.3 Å². The molecule has 0 aromatic carbocycles. The maximum Gasteiger partial charge on any atom is 0.259 e. The van der Waals surface area contributed by atoms with Gasteiger partial charge in [-0.1, -0.05) is 5.16 Å². The zero-order chi connectivity index (χ0) is 17.5. The standard InChI is InChI=1S/C15H19N3O4S2/c1-10-4-5-13(23-10)24(20,21)18-8-6-17(7-9-18)15(19)14-11(2)16-22-12(14)3/h4-5H,6-9H2,1-3H3. The van der Waals surface area contributed by atoms with E-state index in [1.54, 1.807) is 30.9 Å². The molecule has 0 N–H and O–H groups in total.